The third kappa shape index (κ3) is 4.10. The number of alkyl halides is 3. The maximum absolute atomic E-state index is 11.9. The van der Waals surface area contributed by atoms with E-state index in [9.17, 15) is 13.2 Å². The SMILES string of the molecule is FC(F)(F)CNCCOc1cccc2ncccc12. The fourth-order valence-electron chi connectivity index (χ4n) is 1.66. The minimum Gasteiger partial charge on any atom is -0.492 e. The monoisotopic (exact) mass is 270 g/mol. The molecule has 0 aliphatic carbocycles. The van der Waals surface area contributed by atoms with Gasteiger partial charge in [-0.15, -0.1) is 0 Å². The van der Waals surface area contributed by atoms with Gasteiger partial charge in [-0.05, 0) is 24.3 Å². The third-order valence-electron chi connectivity index (χ3n) is 2.47. The summed E-state index contributed by atoms with van der Waals surface area (Å²) in [7, 11) is 0. The predicted molar refractivity (Wildman–Crippen MR) is 66.2 cm³/mol. The molecule has 0 atom stereocenters. The second kappa shape index (κ2) is 5.88. The Labute approximate surface area is 108 Å². The number of pyridine rings is 1. The van der Waals surface area contributed by atoms with Gasteiger partial charge in [-0.1, -0.05) is 6.07 Å². The van der Waals surface area contributed by atoms with Crippen molar-refractivity contribution in [1.29, 1.82) is 0 Å². The van der Waals surface area contributed by atoms with Crippen molar-refractivity contribution in [2.24, 2.45) is 0 Å². The van der Waals surface area contributed by atoms with Crippen molar-refractivity contribution in [3.63, 3.8) is 0 Å². The Morgan fingerprint density at radius 2 is 2.00 bits per heavy atom. The van der Waals surface area contributed by atoms with Gasteiger partial charge in [0.15, 0.2) is 0 Å². The van der Waals surface area contributed by atoms with Gasteiger partial charge < -0.3 is 10.1 Å². The first-order valence-electron chi connectivity index (χ1n) is 5.80. The molecule has 0 amide bonds. The van der Waals surface area contributed by atoms with E-state index in [1.807, 2.05) is 12.1 Å². The first-order valence-corrected chi connectivity index (χ1v) is 5.80. The number of fused-ring (bicyclic) bond motifs is 1. The number of benzene rings is 1. The smallest absolute Gasteiger partial charge is 0.401 e. The van der Waals surface area contributed by atoms with Crippen molar-refractivity contribution in [1.82, 2.24) is 10.3 Å². The number of aromatic nitrogens is 1. The zero-order valence-electron chi connectivity index (χ0n) is 10.1. The molecule has 19 heavy (non-hydrogen) atoms. The van der Waals surface area contributed by atoms with Crippen LogP contribution < -0.4 is 10.1 Å². The van der Waals surface area contributed by atoms with Crippen LogP contribution in [0.25, 0.3) is 10.9 Å². The van der Waals surface area contributed by atoms with Crippen LogP contribution in [0.3, 0.4) is 0 Å². The second-order valence-electron chi connectivity index (χ2n) is 3.97. The van der Waals surface area contributed by atoms with Crippen LogP contribution in [0.15, 0.2) is 36.5 Å². The summed E-state index contributed by atoms with van der Waals surface area (Å²) in [6.07, 6.45) is -2.51. The fourth-order valence-corrected chi connectivity index (χ4v) is 1.66. The molecule has 1 aromatic heterocycles. The van der Waals surface area contributed by atoms with E-state index in [2.05, 4.69) is 10.3 Å². The van der Waals surface area contributed by atoms with Crippen LogP contribution in [0, 0.1) is 0 Å². The summed E-state index contributed by atoms with van der Waals surface area (Å²) < 4.78 is 41.2. The summed E-state index contributed by atoms with van der Waals surface area (Å²) in [5, 5.41) is 3.13. The van der Waals surface area contributed by atoms with Crippen LogP contribution in [0.1, 0.15) is 0 Å². The number of rotatable bonds is 5. The van der Waals surface area contributed by atoms with Crippen molar-refractivity contribution in [3.05, 3.63) is 36.5 Å². The molecule has 0 aliphatic rings. The van der Waals surface area contributed by atoms with E-state index >= 15 is 0 Å². The normalized spacial score (nSPS) is 11.7. The second-order valence-corrected chi connectivity index (χ2v) is 3.97. The highest BCUT2D eigenvalue weighted by atomic mass is 19.4. The summed E-state index contributed by atoms with van der Waals surface area (Å²) in [6, 6.07) is 9.07. The van der Waals surface area contributed by atoms with Crippen molar-refractivity contribution < 1.29 is 17.9 Å². The summed E-state index contributed by atoms with van der Waals surface area (Å²) in [6.45, 7) is -0.701. The average Bonchev–Trinajstić information content (AvgIpc) is 2.37. The Bertz CT molecular complexity index is 537. The van der Waals surface area contributed by atoms with E-state index in [0.717, 1.165) is 10.9 Å². The lowest BCUT2D eigenvalue weighted by molar-refractivity contribution is -0.124. The summed E-state index contributed by atoms with van der Waals surface area (Å²) in [5.74, 6) is 0.624. The van der Waals surface area contributed by atoms with E-state index in [0.29, 0.717) is 5.75 Å². The van der Waals surface area contributed by atoms with Gasteiger partial charge in [0, 0.05) is 18.1 Å². The Morgan fingerprint density at radius 3 is 2.79 bits per heavy atom. The van der Waals surface area contributed by atoms with E-state index in [1.165, 1.54) is 0 Å². The number of ether oxygens (including phenoxy) is 1. The Kier molecular flexibility index (Phi) is 4.21. The quantitative estimate of drug-likeness (QED) is 0.848. The van der Waals surface area contributed by atoms with Gasteiger partial charge in [0.25, 0.3) is 0 Å². The topological polar surface area (TPSA) is 34.1 Å². The zero-order valence-corrected chi connectivity index (χ0v) is 10.1. The molecule has 2 rings (SSSR count). The van der Waals surface area contributed by atoms with Gasteiger partial charge in [-0.2, -0.15) is 13.2 Å². The number of hydrogen-bond donors (Lipinski definition) is 1. The molecule has 0 saturated heterocycles. The van der Waals surface area contributed by atoms with Crippen molar-refractivity contribution in [2.45, 2.75) is 6.18 Å². The number of halogens is 3. The highest BCUT2D eigenvalue weighted by Crippen LogP contribution is 2.23. The Morgan fingerprint density at radius 1 is 1.16 bits per heavy atom. The molecule has 2 aromatic rings. The molecule has 0 radical (unpaired) electrons. The van der Waals surface area contributed by atoms with Crippen molar-refractivity contribution in [2.75, 3.05) is 19.7 Å². The molecule has 1 aromatic carbocycles. The van der Waals surface area contributed by atoms with Crippen LogP contribution in [-0.4, -0.2) is 30.9 Å². The zero-order chi connectivity index (χ0) is 13.7. The molecular formula is C13H13F3N2O. The van der Waals surface area contributed by atoms with Crippen LogP contribution in [0.4, 0.5) is 13.2 Å². The van der Waals surface area contributed by atoms with Gasteiger partial charge in [0.1, 0.15) is 12.4 Å². The maximum Gasteiger partial charge on any atom is 0.401 e. The van der Waals surface area contributed by atoms with Crippen LogP contribution >= 0.6 is 0 Å². The summed E-state index contributed by atoms with van der Waals surface area (Å²) in [5.41, 5.74) is 0.795. The van der Waals surface area contributed by atoms with E-state index in [4.69, 9.17) is 4.74 Å². The molecular weight excluding hydrogens is 257 g/mol. The molecule has 102 valence electrons. The van der Waals surface area contributed by atoms with Gasteiger partial charge in [0.05, 0.1) is 12.1 Å². The van der Waals surface area contributed by atoms with E-state index in [1.54, 1.807) is 24.4 Å². The molecule has 1 N–H and O–H groups in total. The molecule has 3 nitrogen and oxygen atoms in total. The average molecular weight is 270 g/mol. The van der Waals surface area contributed by atoms with Crippen LogP contribution in [0.5, 0.6) is 5.75 Å². The van der Waals surface area contributed by atoms with Gasteiger partial charge in [-0.3, -0.25) is 4.98 Å². The number of hydrogen-bond acceptors (Lipinski definition) is 3. The fraction of sp³-hybridized carbons (Fsp3) is 0.308. The standard InChI is InChI=1S/C13H13F3N2O/c14-13(15,16)9-17-7-8-19-12-5-1-4-11-10(12)3-2-6-18-11/h1-6,17H,7-9H2. The van der Waals surface area contributed by atoms with Crippen LogP contribution in [0.2, 0.25) is 0 Å². The van der Waals surface area contributed by atoms with Gasteiger partial charge in [0.2, 0.25) is 0 Å². The molecule has 0 unspecified atom stereocenters. The lowest BCUT2D eigenvalue weighted by Crippen LogP contribution is -2.31. The lowest BCUT2D eigenvalue weighted by atomic mass is 10.2. The largest absolute Gasteiger partial charge is 0.492 e. The first-order chi connectivity index (χ1) is 9.06. The van der Waals surface area contributed by atoms with Crippen molar-refractivity contribution >= 4 is 10.9 Å². The molecule has 0 fully saturated rings. The predicted octanol–water partition coefficient (Wildman–Crippen LogP) is 2.77. The minimum atomic E-state index is -4.19. The molecule has 6 heteroatoms. The lowest BCUT2D eigenvalue weighted by Gasteiger charge is -2.10. The third-order valence-corrected chi connectivity index (χ3v) is 2.47. The molecule has 0 aliphatic heterocycles. The Hall–Kier alpha value is -1.82. The van der Waals surface area contributed by atoms with Crippen molar-refractivity contribution in [3.8, 4) is 5.75 Å². The molecule has 0 spiro atoms. The highest BCUT2D eigenvalue weighted by Gasteiger charge is 2.25. The molecule has 0 saturated carbocycles. The maximum atomic E-state index is 11.9. The highest BCUT2D eigenvalue weighted by molar-refractivity contribution is 5.84. The number of nitrogens with one attached hydrogen (secondary N) is 1. The van der Waals surface area contributed by atoms with E-state index in [-0.39, 0.29) is 13.2 Å². The van der Waals surface area contributed by atoms with Gasteiger partial charge >= 0.3 is 6.18 Å². The summed E-state index contributed by atoms with van der Waals surface area (Å²) >= 11 is 0. The molecule has 0 bridgehead atoms. The first kappa shape index (κ1) is 13.6. The minimum absolute atomic E-state index is 0.135. The summed E-state index contributed by atoms with van der Waals surface area (Å²) in [4.78, 5) is 4.17. The number of nitrogens with zero attached hydrogens (tertiary/aromatic N) is 1. The molecule has 1 heterocycles. The Balaban J connectivity index is 1.88. The van der Waals surface area contributed by atoms with Gasteiger partial charge in [-0.25, -0.2) is 0 Å². The van der Waals surface area contributed by atoms with E-state index < -0.39 is 12.7 Å². The van der Waals surface area contributed by atoms with Crippen LogP contribution in [-0.2, 0) is 0 Å².